The molecule has 0 N–H and O–H groups in total. The summed E-state index contributed by atoms with van der Waals surface area (Å²) in [4.78, 5) is 6.45. The number of furan rings is 1. The van der Waals surface area contributed by atoms with E-state index in [1.165, 1.54) is 25.5 Å². The summed E-state index contributed by atoms with van der Waals surface area (Å²) in [5, 5.41) is -0.0778. The second-order valence-electron chi connectivity index (χ2n) is 6.69. The molecule has 0 aliphatic carbocycles. The smallest absolute Gasteiger partial charge is 0.266 e. The molecule has 0 unspecified atom stereocenters. The number of oxazole rings is 1. The molecule has 0 bridgehead atoms. The van der Waals surface area contributed by atoms with E-state index >= 15 is 0 Å². The van der Waals surface area contributed by atoms with Crippen molar-refractivity contribution in [3.05, 3.63) is 42.7 Å². The number of anilines is 1. The third-order valence-corrected chi connectivity index (χ3v) is 6.50. The van der Waals surface area contributed by atoms with Crippen LogP contribution in [0.15, 0.2) is 61.4 Å². The lowest BCUT2D eigenvalue weighted by molar-refractivity contribution is 0.414. The molecule has 2 aromatic heterocycles. The first-order valence-corrected chi connectivity index (χ1v) is 10.8. The summed E-state index contributed by atoms with van der Waals surface area (Å²) in [6, 6.07) is 9.67. The van der Waals surface area contributed by atoms with Crippen molar-refractivity contribution in [2.75, 3.05) is 25.1 Å². The van der Waals surface area contributed by atoms with Crippen LogP contribution in [0.25, 0.3) is 11.7 Å². The van der Waals surface area contributed by atoms with Gasteiger partial charge in [-0.2, -0.15) is 4.98 Å². The van der Waals surface area contributed by atoms with Crippen molar-refractivity contribution >= 4 is 15.7 Å². The van der Waals surface area contributed by atoms with Crippen molar-refractivity contribution < 1.29 is 22.0 Å². The van der Waals surface area contributed by atoms with Gasteiger partial charge in [-0.15, -0.1) is 0 Å². The number of ether oxygens (including phenoxy) is 1. The molecule has 1 aliphatic rings. The van der Waals surface area contributed by atoms with Gasteiger partial charge in [-0.25, -0.2) is 8.42 Å². The molecule has 3 heterocycles. The third-order valence-electron chi connectivity index (χ3n) is 4.83. The van der Waals surface area contributed by atoms with Crippen LogP contribution in [0.2, 0.25) is 0 Å². The maximum absolute atomic E-state index is 13.3. The molecule has 1 saturated heterocycles. The highest BCUT2D eigenvalue weighted by atomic mass is 32.2. The summed E-state index contributed by atoms with van der Waals surface area (Å²) < 4.78 is 43.1. The zero-order valence-electron chi connectivity index (χ0n) is 15.6. The Kier molecular flexibility index (Phi) is 5.13. The lowest BCUT2D eigenvalue weighted by atomic mass is 10.2. The van der Waals surface area contributed by atoms with E-state index in [4.69, 9.17) is 13.6 Å². The Labute approximate surface area is 163 Å². The van der Waals surface area contributed by atoms with Crippen LogP contribution in [-0.4, -0.2) is 33.6 Å². The summed E-state index contributed by atoms with van der Waals surface area (Å²) in [6.45, 7) is 1.47. The molecule has 1 aliphatic heterocycles. The van der Waals surface area contributed by atoms with Gasteiger partial charge in [-0.3, -0.25) is 0 Å². The Bertz CT molecular complexity index is 1020. The molecule has 0 atom stereocenters. The second kappa shape index (κ2) is 7.71. The number of methoxy groups -OCH3 is 1. The van der Waals surface area contributed by atoms with Crippen LogP contribution in [0.4, 0.5) is 5.88 Å². The maximum Gasteiger partial charge on any atom is 0.266 e. The van der Waals surface area contributed by atoms with Gasteiger partial charge in [0, 0.05) is 13.1 Å². The predicted molar refractivity (Wildman–Crippen MR) is 103 cm³/mol. The number of benzene rings is 1. The van der Waals surface area contributed by atoms with Gasteiger partial charge in [0.2, 0.25) is 20.7 Å². The minimum absolute atomic E-state index is 0.0778. The minimum atomic E-state index is -3.87. The average Bonchev–Trinajstić information content (AvgIpc) is 3.33. The van der Waals surface area contributed by atoms with Gasteiger partial charge in [0.1, 0.15) is 5.75 Å². The van der Waals surface area contributed by atoms with Crippen LogP contribution in [0.3, 0.4) is 0 Å². The Balaban J connectivity index is 1.81. The molecule has 0 amide bonds. The van der Waals surface area contributed by atoms with Crippen LogP contribution in [-0.2, 0) is 9.84 Å². The number of hydrogen-bond acceptors (Lipinski definition) is 7. The van der Waals surface area contributed by atoms with E-state index in [1.807, 2.05) is 4.90 Å². The maximum atomic E-state index is 13.3. The minimum Gasteiger partial charge on any atom is -0.497 e. The summed E-state index contributed by atoms with van der Waals surface area (Å²) in [5.41, 5.74) is 0. The van der Waals surface area contributed by atoms with Gasteiger partial charge in [0.25, 0.3) is 5.89 Å². The SMILES string of the molecule is COc1ccc(S(=O)(=O)c2nc(-c3ccco3)oc2N2CCCCCC2)cc1. The molecular weight excluding hydrogens is 380 g/mol. The van der Waals surface area contributed by atoms with Crippen molar-refractivity contribution in [1.29, 1.82) is 0 Å². The zero-order chi connectivity index (χ0) is 19.6. The second-order valence-corrected chi connectivity index (χ2v) is 8.55. The molecule has 1 fully saturated rings. The van der Waals surface area contributed by atoms with Gasteiger partial charge in [-0.1, -0.05) is 12.8 Å². The van der Waals surface area contributed by atoms with Crippen molar-refractivity contribution in [2.24, 2.45) is 0 Å². The lowest BCUT2D eigenvalue weighted by Crippen LogP contribution is -2.25. The van der Waals surface area contributed by atoms with E-state index in [9.17, 15) is 8.42 Å². The summed E-state index contributed by atoms with van der Waals surface area (Å²) in [6.07, 6.45) is 5.72. The van der Waals surface area contributed by atoms with E-state index in [1.54, 1.807) is 24.3 Å². The Morgan fingerprint density at radius 1 is 1.04 bits per heavy atom. The monoisotopic (exact) mass is 402 g/mol. The van der Waals surface area contributed by atoms with E-state index in [-0.39, 0.29) is 21.7 Å². The zero-order valence-corrected chi connectivity index (χ0v) is 16.4. The Hall–Kier alpha value is -2.74. The van der Waals surface area contributed by atoms with Gasteiger partial charge >= 0.3 is 0 Å². The summed E-state index contributed by atoms with van der Waals surface area (Å²) in [5.74, 6) is 1.43. The highest BCUT2D eigenvalue weighted by Gasteiger charge is 2.32. The number of rotatable bonds is 5. The van der Waals surface area contributed by atoms with Gasteiger partial charge < -0.3 is 18.5 Å². The highest BCUT2D eigenvalue weighted by molar-refractivity contribution is 7.91. The summed E-state index contributed by atoms with van der Waals surface area (Å²) in [7, 11) is -2.33. The van der Waals surface area contributed by atoms with Crippen LogP contribution in [0.5, 0.6) is 5.75 Å². The number of aromatic nitrogens is 1. The van der Waals surface area contributed by atoms with Crippen LogP contribution >= 0.6 is 0 Å². The molecule has 0 saturated carbocycles. The first-order chi connectivity index (χ1) is 13.6. The molecule has 1 aromatic carbocycles. The third kappa shape index (κ3) is 3.52. The fourth-order valence-corrected chi connectivity index (χ4v) is 4.64. The fourth-order valence-electron chi connectivity index (χ4n) is 3.32. The number of hydrogen-bond donors (Lipinski definition) is 0. The molecule has 28 heavy (non-hydrogen) atoms. The van der Waals surface area contributed by atoms with Crippen molar-refractivity contribution in [3.8, 4) is 17.4 Å². The number of sulfone groups is 1. The number of nitrogens with zero attached hydrogens (tertiary/aromatic N) is 2. The predicted octanol–water partition coefficient (Wildman–Crippen LogP) is 4.16. The average molecular weight is 402 g/mol. The topological polar surface area (TPSA) is 85.8 Å². The molecule has 4 rings (SSSR count). The van der Waals surface area contributed by atoms with E-state index < -0.39 is 9.84 Å². The summed E-state index contributed by atoms with van der Waals surface area (Å²) >= 11 is 0. The van der Waals surface area contributed by atoms with Crippen LogP contribution < -0.4 is 9.64 Å². The van der Waals surface area contributed by atoms with Crippen molar-refractivity contribution in [2.45, 2.75) is 35.6 Å². The molecule has 0 radical (unpaired) electrons. The molecular formula is C20H22N2O5S. The first-order valence-electron chi connectivity index (χ1n) is 9.28. The van der Waals surface area contributed by atoms with E-state index in [0.29, 0.717) is 11.5 Å². The Morgan fingerprint density at radius 2 is 1.75 bits per heavy atom. The van der Waals surface area contributed by atoms with Crippen molar-refractivity contribution in [3.63, 3.8) is 0 Å². The van der Waals surface area contributed by atoms with Gasteiger partial charge in [-0.05, 0) is 49.2 Å². The highest BCUT2D eigenvalue weighted by Crippen LogP contribution is 2.36. The molecule has 8 heteroatoms. The molecule has 7 nitrogen and oxygen atoms in total. The van der Waals surface area contributed by atoms with Crippen LogP contribution in [0, 0.1) is 0 Å². The molecule has 148 valence electrons. The molecule has 0 spiro atoms. The standard InChI is InChI=1S/C20H22N2O5S/c1-25-15-8-10-16(11-9-15)28(23,24)19-20(22-12-4-2-3-5-13-22)27-18(21-19)17-7-6-14-26-17/h6-11,14H,2-5,12-13H2,1H3. The van der Waals surface area contributed by atoms with Gasteiger partial charge in [0.15, 0.2) is 5.76 Å². The first kappa shape index (κ1) is 18.6. The van der Waals surface area contributed by atoms with Crippen LogP contribution in [0.1, 0.15) is 25.7 Å². The van der Waals surface area contributed by atoms with Crippen molar-refractivity contribution in [1.82, 2.24) is 4.98 Å². The van der Waals surface area contributed by atoms with E-state index in [2.05, 4.69) is 4.98 Å². The lowest BCUT2D eigenvalue weighted by Gasteiger charge is -2.20. The fraction of sp³-hybridized carbons (Fsp3) is 0.350. The largest absolute Gasteiger partial charge is 0.497 e. The normalized spacial score (nSPS) is 15.4. The van der Waals surface area contributed by atoms with Gasteiger partial charge in [0.05, 0.1) is 18.3 Å². The van der Waals surface area contributed by atoms with E-state index in [0.717, 1.165) is 38.8 Å². The molecule has 3 aromatic rings. The Morgan fingerprint density at radius 3 is 2.36 bits per heavy atom. The quantitative estimate of drug-likeness (QED) is 0.633.